The van der Waals surface area contributed by atoms with E-state index in [1.165, 1.54) is 18.5 Å². The Morgan fingerprint density at radius 2 is 2.22 bits per heavy atom. The molecular formula is C22H22F2N6O2. The topological polar surface area (TPSA) is 96.0 Å². The Morgan fingerprint density at radius 1 is 1.38 bits per heavy atom. The maximum absolute atomic E-state index is 13.3. The smallest absolute Gasteiger partial charge is 0.246 e. The number of fused-ring (bicyclic) bond motifs is 1. The lowest BCUT2D eigenvalue weighted by atomic mass is 10.2. The average Bonchev–Trinajstić information content (AvgIpc) is 3.41. The summed E-state index contributed by atoms with van der Waals surface area (Å²) in [7, 11) is 0. The predicted octanol–water partition coefficient (Wildman–Crippen LogP) is 3.31. The number of imidazole rings is 1. The second-order valence-corrected chi connectivity index (χ2v) is 7.52. The molecule has 32 heavy (non-hydrogen) atoms. The number of nitrogens with one attached hydrogen (secondary N) is 2. The number of hydrogen-bond donors (Lipinski definition) is 2. The van der Waals surface area contributed by atoms with Crippen molar-refractivity contribution >= 4 is 29.0 Å². The number of aromatic amines is 1. The minimum atomic E-state index is -0.959. The predicted molar refractivity (Wildman–Crippen MR) is 116 cm³/mol. The molecule has 2 N–H and O–H groups in total. The number of rotatable bonds is 7. The van der Waals surface area contributed by atoms with Gasteiger partial charge < -0.3 is 19.9 Å². The van der Waals surface area contributed by atoms with Gasteiger partial charge >= 0.3 is 0 Å². The molecule has 166 valence electrons. The number of nitrogens with zero attached hydrogens (tertiary/aromatic N) is 4. The molecule has 0 aliphatic carbocycles. The molecule has 1 aromatic carbocycles. The number of amides is 1. The maximum atomic E-state index is 13.3. The van der Waals surface area contributed by atoms with Crippen LogP contribution in [0, 0.1) is 11.6 Å². The highest BCUT2D eigenvalue weighted by Crippen LogP contribution is 2.22. The molecule has 10 heteroatoms. The van der Waals surface area contributed by atoms with Gasteiger partial charge in [0, 0.05) is 25.2 Å². The zero-order valence-electron chi connectivity index (χ0n) is 17.4. The highest BCUT2D eigenvalue weighted by molar-refractivity contribution is 5.87. The molecule has 1 aliphatic rings. The third-order valence-electron chi connectivity index (χ3n) is 5.06. The van der Waals surface area contributed by atoms with E-state index in [2.05, 4.69) is 31.8 Å². The van der Waals surface area contributed by atoms with Crippen LogP contribution in [-0.4, -0.2) is 56.5 Å². The Kier molecular flexibility index (Phi) is 6.11. The van der Waals surface area contributed by atoms with Crippen molar-refractivity contribution in [3.8, 4) is 5.75 Å². The summed E-state index contributed by atoms with van der Waals surface area (Å²) in [6.07, 6.45) is 5.33. The highest BCUT2D eigenvalue weighted by atomic mass is 19.2. The van der Waals surface area contributed by atoms with Crippen LogP contribution in [0.5, 0.6) is 5.75 Å². The second-order valence-electron chi connectivity index (χ2n) is 7.52. The lowest BCUT2D eigenvalue weighted by Gasteiger charge is -2.15. The van der Waals surface area contributed by atoms with Gasteiger partial charge in [0.1, 0.15) is 30.0 Å². The normalized spacial score (nSPS) is 16.4. The molecule has 3 aromatic rings. The van der Waals surface area contributed by atoms with E-state index in [1.807, 2.05) is 6.92 Å². The van der Waals surface area contributed by atoms with Gasteiger partial charge in [0.15, 0.2) is 23.1 Å². The molecule has 1 atom stereocenters. The van der Waals surface area contributed by atoms with Crippen LogP contribution in [0.15, 0.2) is 42.8 Å². The van der Waals surface area contributed by atoms with Crippen LogP contribution in [0.4, 0.5) is 14.6 Å². The van der Waals surface area contributed by atoms with Gasteiger partial charge in [0.25, 0.3) is 0 Å². The fourth-order valence-electron chi connectivity index (χ4n) is 3.46. The van der Waals surface area contributed by atoms with Crippen LogP contribution in [0.2, 0.25) is 0 Å². The maximum Gasteiger partial charge on any atom is 0.246 e. The Labute approximate surface area is 183 Å². The molecule has 2 aromatic heterocycles. The standard InChI is InChI=1S/C22H22F2N6O2/c1-3-19(31)30-7-6-14(10-30)27-21-20-22(26-12-25-21)29-18(28-20)8-13(2)11-32-15-4-5-16(23)17(24)9-15/h3-5,8-9,12,14H,1,6-7,10-11H2,2H3,(H2,25,26,27,28,29). The Balaban J connectivity index is 1.44. The SMILES string of the molecule is C=CC(=O)N1CCC(Nc2ncnc3nc(C=C(C)COc4ccc(F)c(F)c4)[nH]c23)C1. The van der Waals surface area contributed by atoms with Gasteiger partial charge in [-0.1, -0.05) is 6.58 Å². The van der Waals surface area contributed by atoms with Gasteiger partial charge in [-0.05, 0) is 43.2 Å². The van der Waals surface area contributed by atoms with Crippen LogP contribution >= 0.6 is 0 Å². The van der Waals surface area contributed by atoms with E-state index < -0.39 is 11.6 Å². The largest absolute Gasteiger partial charge is 0.489 e. The molecule has 1 amide bonds. The van der Waals surface area contributed by atoms with Gasteiger partial charge in [-0.2, -0.15) is 0 Å². The zero-order valence-corrected chi connectivity index (χ0v) is 17.4. The first-order chi connectivity index (χ1) is 15.4. The molecule has 4 rings (SSSR count). The summed E-state index contributed by atoms with van der Waals surface area (Å²) < 4.78 is 31.8. The summed E-state index contributed by atoms with van der Waals surface area (Å²) in [5, 5.41) is 3.35. The van der Waals surface area contributed by atoms with Gasteiger partial charge in [-0.15, -0.1) is 0 Å². The van der Waals surface area contributed by atoms with Crippen LogP contribution in [0.25, 0.3) is 17.2 Å². The number of likely N-dealkylation sites (tertiary alicyclic amines) is 1. The summed E-state index contributed by atoms with van der Waals surface area (Å²) in [6.45, 7) is 6.76. The van der Waals surface area contributed by atoms with E-state index in [9.17, 15) is 13.6 Å². The number of aromatic nitrogens is 4. The van der Waals surface area contributed by atoms with Crippen LogP contribution in [0.3, 0.4) is 0 Å². The third-order valence-corrected chi connectivity index (χ3v) is 5.06. The lowest BCUT2D eigenvalue weighted by Crippen LogP contribution is -2.30. The first-order valence-corrected chi connectivity index (χ1v) is 10.1. The van der Waals surface area contributed by atoms with Crippen molar-refractivity contribution in [1.29, 1.82) is 0 Å². The van der Waals surface area contributed by atoms with Gasteiger partial charge in [0.2, 0.25) is 5.91 Å². The first kappa shape index (κ1) is 21.4. The van der Waals surface area contributed by atoms with E-state index in [0.29, 0.717) is 35.9 Å². The fraction of sp³-hybridized carbons (Fsp3) is 0.273. The number of carbonyl (C=O) groups excluding carboxylic acids is 1. The lowest BCUT2D eigenvalue weighted by molar-refractivity contribution is -0.125. The second kappa shape index (κ2) is 9.13. The molecule has 1 unspecified atom stereocenters. The van der Waals surface area contributed by atoms with E-state index in [-0.39, 0.29) is 24.3 Å². The van der Waals surface area contributed by atoms with Crippen molar-refractivity contribution < 1.29 is 18.3 Å². The van der Waals surface area contributed by atoms with Crippen molar-refractivity contribution in [2.75, 3.05) is 25.0 Å². The summed E-state index contributed by atoms with van der Waals surface area (Å²) in [5.41, 5.74) is 1.97. The van der Waals surface area contributed by atoms with Crippen molar-refractivity contribution in [3.63, 3.8) is 0 Å². The number of benzene rings is 1. The first-order valence-electron chi connectivity index (χ1n) is 10.1. The minimum Gasteiger partial charge on any atom is -0.489 e. The minimum absolute atomic E-state index is 0.0607. The summed E-state index contributed by atoms with van der Waals surface area (Å²) in [5.74, 6) is -0.564. The van der Waals surface area contributed by atoms with Crippen LogP contribution in [-0.2, 0) is 4.79 Å². The van der Waals surface area contributed by atoms with Gasteiger partial charge in [-0.25, -0.2) is 23.7 Å². The van der Waals surface area contributed by atoms with E-state index in [4.69, 9.17) is 4.74 Å². The van der Waals surface area contributed by atoms with Crippen molar-refractivity contribution in [2.24, 2.45) is 0 Å². The number of ether oxygens (including phenoxy) is 1. The number of anilines is 1. The fourth-order valence-corrected chi connectivity index (χ4v) is 3.46. The molecule has 1 aliphatic heterocycles. The molecular weight excluding hydrogens is 418 g/mol. The van der Waals surface area contributed by atoms with Gasteiger partial charge in [0.05, 0.1) is 0 Å². The Bertz CT molecular complexity index is 1190. The van der Waals surface area contributed by atoms with Crippen molar-refractivity contribution in [1.82, 2.24) is 24.8 Å². The van der Waals surface area contributed by atoms with E-state index in [0.717, 1.165) is 24.1 Å². The molecule has 0 spiro atoms. The molecule has 0 radical (unpaired) electrons. The summed E-state index contributed by atoms with van der Waals surface area (Å²) >= 11 is 0. The monoisotopic (exact) mass is 440 g/mol. The molecule has 1 saturated heterocycles. The van der Waals surface area contributed by atoms with Crippen LogP contribution in [0.1, 0.15) is 19.2 Å². The Morgan fingerprint density at radius 3 is 3.00 bits per heavy atom. The third kappa shape index (κ3) is 4.74. The number of H-pyrrole nitrogens is 1. The number of hydrogen-bond acceptors (Lipinski definition) is 6. The van der Waals surface area contributed by atoms with Crippen molar-refractivity contribution in [3.05, 3.63) is 60.2 Å². The molecule has 0 saturated carbocycles. The Hall–Kier alpha value is -3.82. The van der Waals surface area contributed by atoms with Crippen molar-refractivity contribution in [2.45, 2.75) is 19.4 Å². The molecule has 8 nitrogen and oxygen atoms in total. The average molecular weight is 440 g/mol. The van der Waals surface area contributed by atoms with Crippen LogP contribution < -0.4 is 10.1 Å². The molecule has 0 bridgehead atoms. The molecule has 3 heterocycles. The molecule has 1 fully saturated rings. The highest BCUT2D eigenvalue weighted by Gasteiger charge is 2.25. The van der Waals surface area contributed by atoms with E-state index >= 15 is 0 Å². The van der Waals surface area contributed by atoms with E-state index in [1.54, 1.807) is 11.0 Å². The summed E-state index contributed by atoms with van der Waals surface area (Å²) in [6, 6.07) is 3.45. The number of carbonyl (C=O) groups is 1. The number of halogens is 2. The van der Waals surface area contributed by atoms with Gasteiger partial charge in [-0.3, -0.25) is 4.79 Å². The zero-order chi connectivity index (χ0) is 22.7. The quantitative estimate of drug-likeness (QED) is 0.548. The summed E-state index contributed by atoms with van der Waals surface area (Å²) in [4.78, 5) is 29.7.